The fraction of sp³-hybridized carbons (Fsp3) is 0.444. The number of urea groups is 1. The van der Waals surface area contributed by atoms with Crippen LogP contribution in [0.15, 0.2) is 36.5 Å². The Kier molecular flexibility index (Phi) is 5.41. The van der Waals surface area contributed by atoms with E-state index < -0.39 is 11.9 Å². The summed E-state index contributed by atoms with van der Waals surface area (Å²) in [5.74, 6) is 0. The summed E-state index contributed by atoms with van der Waals surface area (Å²) < 4.78 is 44.8. The second-order valence-corrected chi connectivity index (χ2v) is 6.61. The van der Waals surface area contributed by atoms with Crippen LogP contribution in [0.4, 0.5) is 23.7 Å². The van der Waals surface area contributed by atoms with Crippen LogP contribution in [0.3, 0.4) is 0 Å². The lowest BCUT2D eigenvalue weighted by molar-refractivity contribution is -0.141. The standard InChI is InChI=1S/C18H21F3N4O2/c1-12-7-9-24(11-13(2)27-12)17(26)22-14-3-5-15(6-4-14)25-10-8-16(23-25)18(19,20)21/h3-6,8,10,12-13H,7,9,11H2,1-2H3,(H,22,26)/t12-,13+/m1/s1. The molecule has 1 fully saturated rings. The number of nitrogens with one attached hydrogen (secondary N) is 1. The minimum Gasteiger partial charge on any atom is -0.374 e. The number of amides is 2. The minimum atomic E-state index is -4.48. The van der Waals surface area contributed by atoms with Crippen LogP contribution in [0.5, 0.6) is 0 Å². The number of rotatable bonds is 2. The maximum absolute atomic E-state index is 12.6. The van der Waals surface area contributed by atoms with Crippen molar-refractivity contribution in [3.63, 3.8) is 0 Å². The van der Waals surface area contributed by atoms with Gasteiger partial charge in [-0.25, -0.2) is 9.48 Å². The first kappa shape index (κ1) is 19.2. The molecule has 2 atom stereocenters. The van der Waals surface area contributed by atoms with E-state index in [0.717, 1.165) is 17.2 Å². The number of alkyl halides is 3. The molecule has 1 aliphatic rings. The predicted octanol–water partition coefficient (Wildman–Crippen LogP) is 3.92. The third-order valence-electron chi connectivity index (χ3n) is 4.30. The average molecular weight is 382 g/mol. The molecule has 2 heterocycles. The zero-order valence-electron chi connectivity index (χ0n) is 15.0. The molecule has 0 aliphatic carbocycles. The Labute approximate surface area is 154 Å². The molecule has 146 valence electrons. The van der Waals surface area contributed by atoms with Gasteiger partial charge in [-0.2, -0.15) is 18.3 Å². The van der Waals surface area contributed by atoms with Crippen molar-refractivity contribution in [2.24, 2.45) is 0 Å². The number of ether oxygens (including phenoxy) is 1. The molecule has 0 bridgehead atoms. The van der Waals surface area contributed by atoms with Gasteiger partial charge in [-0.3, -0.25) is 0 Å². The predicted molar refractivity (Wildman–Crippen MR) is 93.8 cm³/mol. The van der Waals surface area contributed by atoms with E-state index in [1.807, 2.05) is 13.8 Å². The average Bonchev–Trinajstić information content (AvgIpc) is 3.03. The molecule has 0 saturated carbocycles. The first-order valence-corrected chi connectivity index (χ1v) is 8.67. The van der Waals surface area contributed by atoms with Crippen molar-refractivity contribution >= 4 is 11.7 Å². The third-order valence-corrected chi connectivity index (χ3v) is 4.30. The number of hydrogen-bond donors (Lipinski definition) is 1. The summed E-state index contributed by atoms with van der Waals surface area (Å²) in [6, 6.07) is 7.13. The zero-order chi connectivity index (χ0) is 19.6. The van der Waals surface area contributed by atoms with Crippen LogP contribution in [-0.4, -0.2) is 46.0 Å². The van der Waals surface area contributed by atoms with Crippen LogP contribution < -0.4 is 5.32 Å². The Morgan fingerprint density at radius 3 is 2.52 bits per heavy atom. The van der Waals surface area contributed by atoms with Gasteiger partial charge in [-0.1, -0.05) is 0 Å². The molecule has 9 heteroatoms. The number of carbonyl (C=O) groups excluding carboxylic acids is 1. The van der Waals surface area contributed by atoms with Crippen molar-refractivity contribution in [2.75, 3.05) is 18.4 Å². The first-order valence-electron chi connectivity index (χ1n) is 8.67. The number of nitrogens with zero attached hydrogens (tertiary/aromatic N) is 3. The number of benzene rings is 1. The lowest BCUT2D eigenvalue weighted by Crippen LogP contribution is -2.38. The number of halogens is 3. The summed E-state index contributed by atoms with van der Waals surface area (Å²) in [6.07, 6.45) is -2.41. The molecule has 1 aromatic carbocycles. The van der Waals surface area contributed by atoms with E-state index in [2.05, 4.69) is 10.4 Å². The molecular weight excluding hydrogens is 361 g/mol. The zero-order valence-corrected chi connectivity index (χ0v) is 15.0. The van der Waals surface area contributed by atoms with Gasteiger partial charge >= 0.3 is 12.2 Å². The molecule has 1 aromatic heterocycles. The summed E-state index contributed by atoms with van der Waals surface area (Å²) in [5.41, 5.74) is 0.0681. The number of hydrogen-bond acceptors (Lipinski definition) is 3. The van der Waals surface area contributed by atoms with Gasteiger partial charge in [0.15, 0.2) is 5.69 Å². The van der Waals surface area contributed by atoms with Gasteiger partial charge in [0.2, 0.25) is 0 Å². The first-order chi connectivity index (χ1) is 12.7. The molecule has 0 spiro atoms. The number of carbonyl (C=O) groups is 1. The molecule has 1 saturated heterocycles. The van der Waals surface area contributed by atoms with Crippen molar-refractivity contribution in [3.05, 3.63) is 42.2 Å². The van der Waals surface area contributed by atoms with E-state index in [1.54, 1.807) is 29.2 Å². The van der Waals surface area contributed by atoms with Crippen molar-refractivity contribution in [3.8, 4) is 5.69 Å². The van der Waals surface area contributed by atoms with Crippen molar-refractivity contribution in [2.45, 2.75) is 38.7 Å². The van der Waals surface area contributed by atoms with E-state index in [4.69, 9.17) is 4.74 Å². The summed E-state index contributed by atoms with van der Waals surface area (Å²) in [4.78, 5) is 14.2. The number of aromatic nitrogens is 2. The SMILES string of the molecule is C[C@@H]1CCN(C(=O)Nc2ccc(-n3ccc(C(F)(F)F)n3)cc2)C[C@H](C)O1. The lowest BCUT2D eigenvalue weighted by Gasteiger charge is -2.22. The highest BCUT2D eigenvalue weighted by Crippen LogP contribution is 2.28. The molecule has 2 aromatic rings. The molecule has 27 heavy (non-hydrogen) atoms. The Balaban J connectivity index is 1.65. The Bertz CT molecular complexity index is 789. The second kappa shape index (κ2) is 7.59. The van der Waals surface area contributed by atoms with E-state index in [-0.39, 0.29) is 18.2 Å². The van der Waals surface area contributed by atoms with Crippen LogP contribution in [0.2, 0.25) is 0 Å². The smallest absolute Gasteiger partial charge is 0.374 e. The Morgan fingerprint density at radius 2 is 1.89 bits per heavy atom. The lowest BCUT2D eigenvalue weighted by atomic mass is 10.2. The van der Waals surface area contributed by atoms with Crippen molar-refractivity contribution in [1.29, 1.82) is 0 Å². The van der Waals surface area contributed by atoms with Crippen LogP contribution in [0.25, 0.3) is 5.69 Å². The molecule has 0 radical (unpaired) electrons. The van der Waals surface area contributed by atoms with Crippen LogP contribution in [0, 0.1) is 0 Å². The fourth-order valence-electron chi connectivity index (χ4n) is 2.95. The molecule has 6 nitrogen and oxygen atoms in total. The topological polar surface area (TPSA) is 59.4 Å². The van der Waals surface area contributed by atoms with Crippen molar-refractivity contribution in [1.82, 2.24) is 14.7 Å². The van der Waals surface area contributed by atoms with Gasteiger partial charge < -0.3 is 15.0 Å². The second-order valence-electron chi connectivity index (χ2n) is 6.61. The Hall–Kier alpha value is -2.55. The molecule has 0 unspecified atom stereocenters. The summed E-state index contributed by atoms with van der Waals surface area (Å²) >= 11 is 0. The molecule has 1 N–H and O–H groups in total. The van der Waals surface area contributed by atoms with Gasteiger partial charge in [0.05, 0.1) is 17.9 Å². The largest absolute Gasteiger partial charge is 0.435 e. The van der Waals surface area contributed by atoms with E-state index in [9.17, 15) is 18.0 Å². The van der Waals surface area contributed by atoms with Gasteiger partial charge in [-0.05, 0) is 50.6 Å². The van der Waals surface area contributed by atoms with Gasteiger partial charge in [0, 0.05) is 25.0 Å². The van der Waals surface area contributed by atoms with E-state index >= 15 is 0 Å². The summed E-state index contributed by atoms with van der Waals surface area (Å²) in [7, 11) is 0. The highest BCUT2D eigenvalue weighted by atomic mass is 19.4. The van der Waals surface area contributed by atoms with E-state index in [1.165, 1.54) is 6.20 Å². The Morgan fingerprint density at radius 1 is 1.19 bits per heavy atom. The molecule has 1 aliphatic heterocycles. The van der Waals surface area contributed by atoms with Gasteiger partial charge in [0.25, 0.3) is 0 Å². The van der Waals surface area contributed by atoms with E-state index in [0.29, 0.717) is 24.5 Å². The highest BCUT2D eigenvalue weighted by Gasteiger charge is 2.33. The minimum absolute atomic E-state index is 0.0433. The normalized spacial score (nSPS) is 21.0. The summed E-state index contributed by atoms with van der Waals surface area (Å²) in [5, 5.41) is 6.33. The quantitative estimate of drug-likeness (QED) is 0.856. The van der Waals surface area contributed by atoms with Gasteiger partial charge in [-0.15, -0.1) is 0 Å². The summed E-state index contributed by atoms with van der Waals surface area (Å²) in [6.45, 7) is 5.01. The number of anilines is 1. The van der Waals surface area contributed by atoms with Crippen LogP contribution in [0.1, 0.15) is 26.0 Å². The van der Waals surface area contributed by atoms with Gasteiger partial charge in [0.1, 0.15) is 0 Å². The third kappa shape index (κ3) is 4.79. The maximum atomic E-state index is 12.6. The highest BCUT2D eigenvalue weighted by molar-refractivity contribution is 5.89. The molecular formula is C18H21F3N4O2. The monoisotopic (exact) mass is 382 g/mol. The maximum Gasteiger partial charge on any atom is 0.435 e. The molecule has 3 rings (SSSR count). The fourth-order valence-corrected chi connectivity index (χ4v) is 2.95. The van der Waals surface area contributed by atoms with Crippen molar-refractivity contribution < 1.29 is 22.7 Å². The van der Waals surface area contributed by atoms with Crippen LogP contribution >= 0.6 is 0 Å². The van der Waals surface area contributed by atoms with Crippen LogP contribution in [-0.2, 0) is 10.9 Å². The molecule has 2 amide bonds.